The SMILES string of the molecule is CC(=O)CCc1ccc(OCC(=O)NCc2cccc(OC3CCCCC3)c2)cc1. The molecule has 1 aliphatic carbocycles. The number of ether oxygens (including phenoxy) is 2. The second kappa shape index (κ2) is 11.4. The van der Waals surface area contributed by atoms with Gasteiger partial charge >= 0.3 is 0 Å². The molecule has 1 N–H and O–H groups in total. The van der Waals surface area contributed by atoms with Gasteiger partial charge in [0.1, 0.15) is 17.3 Å². The molecule has 0 heterocycles. The van der Waals surface area contributed by atoms with Gasteiger partial charge in [-0.25, -0.2) is 0 Å². The quantitative estimate of drug-likeness (QED) is 0.622. The highest BCUT2D eigenvalue weighted by atomic mass is 16.5. The smallest absolute Gasteiger partial charge is 0.258 e. The highest BCUT2D eigenvalue weighted by Gasteiger charge is 2.15. The lowest BCUT2D eigenvalue weighted by Gasteiger charge is -2.23. The fourth-order valence-corrected chi connectivity index (χ4v) is 3.58. The maximum Gasteiger partial charge on any atom is 0.258 e. The van der Waals surface area contributed by atoms with Crippen LogP contribution in [0.4, 0.5) is 0 Å². The van der Waals surface area contributed by atoms with Crippen LogP contribution in [-0.4, -0.2) is 24.4 Å². The normalized spacial score (nSPS) is 14.2. The van der Waals surface area contributed by atoms with Gasteiger partial charge in [-0.1, -0.05) is 30.7 Å². The van der Waals surface area contributed by atoms with E-state index in [4.69, 9.17) is 9.47 Å². The fraction of sp³-hybridized carbons (Fsp3) is 0.440. The van der Waals surface area contributed by atoms with Crippen molar-refractivity contribution in [3.8, 4) is 11.5 Å². The van der Waals surface area contributed by atoms with Gasteiger partial charge in [-0.2, -0.15) is 0 Å². The summed E-state index contributed by atoms with van der Waals surface area (Å²) in [6.07, 6.45) is 7.59. The topological polar surface area (TPSA) is 64.6 Å². The van der Waals surface area contributed by atoms with Crippen LogP contribution in [0, 0.1) is 0 Å². The van der Waals surface area contributed by atoms with Crippen LogP contribution in [0.1, 0.15) is 56.6 Å². The molecule has 0 aromatic heterocycles. The molecule has 0 atom stereocenters. The van der Waals surface area contributed by atoms with E-state index in [-0.39, 0.29) is 18.3 Å². The van der Waals surface area contributed by atoms with Crippen molar-refractivity contribution < 1.29 is 19.1 Å². The van der Waals surface area contributed by atoms with Crippen LogP contribution in [0.25, 0.3) is 0 Å². The third-order valence-corrected chi connectivity index (χ3v) is 5.30. The largest absolute Gasteiger partial charge is 0.490 e. The zero-order valence-electron chi connectivity index (χ0n) is 17.7. The van der Waals surface area contributed by atoms with Crippen molar-refractivity contribution in [2.24, 2.45) is 0 Å². The summed E-state index contributed by atoms with van der Waals surface area (Å²) in [5, 5.41) is 2.89. The van der Waals surface area contributed by atoms with Gasteiger partial charge in [0.15, 0.2) is 6.61 Å². The number of ketones is 1. The minimum atomic E-state index is -0.172. The molecule has 0 bridgehead atoms. The van der Waals surface area contributed by atoms with Crippen LogP contribution in [0.5, 0.6) is 11.5 Å². The lowest BCUT2D eigenvalue weighted by Crippen LogP contribution is -2.28. The first-order valence-electron chi connectivity index (χ1n) is 10.8. The van der Waals surface area contributed by atoms with E-state index in [0.717, 1.165) is 36.1 Å². The molecule has 5 heteroatoms. The summed E-state index contributed by atoms with van der Waals surface area (Å²) in [7, 11) is 0. The number of Topliss-reactive ketones (excluding diaryl/α,β-unsaturated/α-hetero) is 1. The van der Waals surface area contributed by atoms with Crippen LogP contribution in [0.2, 0.25) is 0 Å². The van der Waals surface area contributed by atoms with Crippen molar-refractivity contribution in [3.05, 3.63) is 59.7 Å². The number of benzene rings is 2. The molecule has 0 spiro atoms. The Balaban J connectivity index is 1.40. The Morgan fingerprint density at radius 1 is 0.967 bits per heavy atom. The first-order chi connectivity index (χ1) is 14.6. The molecule has 30 heavy (non-hydrogen) atoms. The Labute approximate surface area is 178 Å². The van der Waals surface area contributed by atoms with E-state index in [1.807, 2.05) is 48.5 Å². The maximum atomic E-state index is 12.1. The van der Waals surface area contributed by atoms with Crippen molar-refractivity contribution in [1.82, 2.24) is 5.32 Å². The molecule has 0 unspecified atom stereocenters. The van der Waals surface area contributed by atoms with Crippen LogP contribution < -0.4 is 14.8 Å². The summed E-state index contributed by atoms with van der Waals surface area (Å²) in [5.74, 6) is 1.52. The summed E-state index contributed by atoms with van der Waals surface area (Å²) in [4.78, 5) is 23.2. The van der Waals surface area contributed by atoms with Gasteiger partial charge in [-0.15, -0.1) is 0 Å². The van der Waals surface area contributed by atoms with E-state index in [1.165, 1.54) is 19.3 Å². The third-order valence-electron chi connectivity index (χ3n) is 5.30. The van der Waals surface area contributed by atoms with Crippen LogP contribution in [0.15, 0.2) is 48.5 Å². The molecule has 0 saturated heterocycles. The second-order valence-corrected chi connectivity index (χ2v) is 7.94. The monoisotopic (exact) mass is 409 g/mol. The Kier molecular flexibility index (Phi) is 8.30. The number of carbonyl (C=O) groups excluding carboxylic acids is 2. The molecule has 1 fully saturated rings. The van der Waals surface area contributed by atoms with Crippen LogP contribution >= 0.6 is 0 Å². The molecule has 1 saturated carbocycles. The minimum Gasteiger partial charge on any atom is -0.490 e. The molecule has 0 radical (unpaired) electrons. The van der Waals surface area contributed by atoms with Gasteiger partial charge in [0, 0.05) is 13.0 Å². The van der Waals surface area contributed by atoms with Crippen LogP contribution in [-0.2, 0) is 22.6 Å². The average Bonchev–Trinajstić information content (AvgIpc) is 2.76. The van der Waals surface area contributed by atoms with Gasteiger partial charge in [-0.05, 0) is 74.4 Å². The Morgan fingerprint density at radius 2 is 1.73 bits per heavy atom. The van der Waals surface area contributed by atoms with Gasteiger partial charge in [-0.3, -0.25) is 4.79 Å². The number of rotatable bonds is 10. The van der Waals surface area contributed by atoms with E-state index >= 15 is 0 Å². The molecule has 2 aromatic carbocycles. The zero-order chi connectivity index (χ0) is 21.2. The molecule has 1 amide bonds. The summed E-state index contributed by atoms with van der Waals surface area (Å²) in [5.41, 5.74) is 2.09. The summed E-state index contributed by atoms with van der Waals surface area (Å²) in [6, 6.07) is 15.4. The van der Waals surface area contributed by atoms with Crippen molar-refractivity contribution in [3.63, 3.8) is 0 Å². The predicted octanol–water partition coefficient (Wildman–Crippen LogP) is 4.61. The predicted molar refractivity (Wildman–Crippen MR) is 117 cm³/mol. The number of nitrogens with one attached hydrogen (secondary N) is 1. The van der Waals surface area contributed by atoms with E-state index in [0.29, 0.717) is 24.8 Å². The van der Waals surface area contributed by atoms with Gasteiger partial charge in [0.2, 0.25) is 0 Å². The van der Waals surface area contributed by atoms with E-state index in [1.54, 1.807) is 6.92 Å². The lowest BCUT2D eigenvalue weighted by molar-refractivity contribution is -0.123. The van der Waals surface area contributed by atoms with Crippen LogP contribution in [0.3, 0.4) is 0 Å². The number of carbonyl (C=O) groups is 2. The van der Waals surface area contributed by atoms with Gasteiger partial charge in [0.05, 0.1) is 6.10 Å². The van der Waals surface area contributed by atoms with E-state index < -0.39 is 0 Å². The highest BCUT2D eigenvalue weighted by molar-refractivity contribution is 5.77. The Bertz CT molecular complexity index is 825. The average molecular weight is 410 g/mol. The first-order valence-corrected chi connectivity index (χ1v) is 10.8. The Hall–Kier alpha value is -2.82. The fourth-order valence-electron chi connectivity index (χ4n) is 3.58. The molecule has 0 aliphatic heterocycles. The minimum absolute atomic E-state index is 0.0366. The summed E-state index contributed by atoms with van der Waals surface area (Å²) in [6.45, 7) is 2.00. The molecule has 1 aliphatic rings. The van der Waals surface area contributed by atoms with Gasteiger partial charge < -0.3 is 19.6 Å². The standard InChI is InChI=1S/C25H31NO4/c1-19(27)10-11-20-12-14-22(15-13-20)29-18-25(28)26-17-21-6-5-9-24(16-21)30-23-7-3-2-4-8-23/h5-6,9,12-16,23H,2-4,7-8,10-11,17-18H2,1H3,(H,26,28). The highest BCUT2D eigenvalue weighted by Crippen LogP contribution is 2.24. The number of hydrogen-bond acceptors (Lipinski definition) is 4. The lowest BCUT2D eigenvalue weighted by atomic mass is 9.98. The number of hydrogen-bond donors (Lipinski definition) is 1. The second-order valence-electron chi connectivity index (χ2n) is 7.94. The maximum absolute atomic E-state index is 12.1. The van der Waals surface area contributed by atoms with E-state index in [9.17, 15) is 9.59 Å². The van der Waals surface area contributed by atoms with E-state index in [2.05, 4.69) is 5.32 Å². The first kappa shape index (κ1) is 21.9. The number of amides is 1. The molecular formula is C25H31NO4. The summed E-state index contributed by atoms with van der Waals surface area (Å²) >= 11 is 0. The Morgan fingerprint density at radius 3 is 2.47 bits per heavy atom. The van der Waals surface area contributed by atoms with Crippen molar-refractivity contribution in [2.75, 3.05) is 6.61 Å². The van der Waals surface area contributed by atoms with Gasteiger partial charge in [0.25, 0.3) is 5.91 Å². The molecule has 3 rings (SSSR count). The molecule has 5 nitrogen and oxygen atoms in total. The van der Waals surface area contributed by atoms with Crippen molar-refractivity contribution in [1.29, 1.82) is 0 Å². The third kappa shape index (κ3) is 7.54. The molecule has 2 aromatic rings. The zero-order valence-corrected chi connectivity index (χ0v) is 17.7. The molecule has 160 valence electrons. The molecular weight excluding hydrogens is 378 g/mol. The summed E-state index contributed by atoms with van der Waals surface area (Å²) < 4.78 is 11.6. The van der Waals surface area contributed by atoms with Crippen molar-refractivity contribution >= 4 is 11.7 Å². The van der Waals surface area contributed by atoms with Crippen molar-refractivity contribution in [2.45, 2.75) is 64.5 Å². The number of aryl methyl sites for hydroxylation is 1.